The molecule has 1 rings (SSSR count). The van der Waals surface area contributed by atoms with E-state index in [1.807, 2.05) is 0 Å². The lowest BCUT2D eigenvalue weighted by atomic mass is 9.88. The Kier molecular flexibility index (Phi) is 12.4. The predicted molar refractivity (Wildman–Crippen MR) is 108 cm³/mol. The van der Waals surface area contributed by atoms with Crippen LogP contribution in [0.3, 0.4) is 0 Å². The van der Waals surface area contributed by atoms with E-state index in [-0.39, 0.29) is 45.7 Å². The van der Waals surface area contributed by atoms with Gasteiger partial charge in [0.15, 0.2) is 0 Å². The molecule has 1 aromatic carbocycles. The van der Waals surface area contributed by atoms with Gasteiger partial charge in [-0.2, -0.15) is 0 Å². The molecule has 0 aliphatic rings. The molecule has 27 heavy (non-hydrogen) atoms. The number of benzene rings is 1. The molecule has 0 saturated heterocycles. The molecule has 0 amide bonds. The standard InChI is InChI=1S/C16H26Cl2O7P2/c1-3-22-26(20)24-10-8-16(19,9-11-25-27(21)23-4-2)12-13-14(17)6-5-7-15(13)18/h5-7,19,26-27H,3-4,8-12H2,1-2H3. The molecule has 0 heterocycles. The van der Waals surface area contributed by atoms with Crippen LogP contribution in [-0.2, 0) is 33.6 Å². The first-order chi connectivity index (χ1) is 12.8. The monoisotopic (exact) mass is 462 g/mol. The molecule has 11 heteroatoms. The fraction of sp³-hybridized carbons (Fsp3) is 0.625. The second-order valence-electron chi connectivity index (χ2n) is 5.66. The van der Waals surface area contributed by atoms with Gasteiger partial charge in [-0.3, -0.25) is 9.13 Å². The van der Waals surface area contributed by atoms with Gasteiger partial charge in [-0.05, 0) is 31.5 Å². The Morgan fingerprint density at radius 3 is 1.78 bits per heavy atom. The van der Waals surface area contributed by atoms with Gasteiger partial charge in [0, 0.05) is 29.3 Å². The molecule has 2 atom stereocenters. The van der Waals surface area contributed by atoms with E-state index in [9.17, 15) is 14.2 Å². The molecular weight excluding hydrogens is 437 g/mol. The van der Waals surface area contributed by atoms with Gasteiger partial charge in [0.1, 0.15) is 0 Å². The SMILES string of the molecule is CCO[PH](=O)OCCC(O)(CCO[PH](=O)OCC)Cc1c(Cl)cccc1Cl. The maximum Gasteiger partial charge on any atom is 0.319 e. The van der Waals surface area contributed by atoms with Crippen molar-refractivity contribution in [2.24, 2.45) is 0 Å². The highest BCUT2D eigenvalue weighted by Crippen LogP contribution is 2.33. The highest BCUT2D eigenvalue weighted by atomic mass is 35.5. The van der Waals surface area contributed by atoms with Crippen molar-refractivity contribution in [3.8, 4) is 0 Å². The van der Waals surface area contributed by atoms with Crippen LogP contribution in [-0.4, -0.2) is 37.1 Å². The van der Waals surface area contributed by atoms with E-state index in [4.69, 9.17) is 41.3 Å². The Balaban J connectivity index is 2.77. The average molecular weight is 463 g/mol. The molecule has 0 fully saturated rings. The fourth-order valence-corrected chi connectivity index (χ4v) is 4.01. The topological polar surface area (TPSA) is 91.3 Å². The van der Waals surface area contributed by atoms with Gasteiger partial charge >= 0.3 is 16.5 Å². The molecule has 0 radical (unpaired) electrons. The number of hydrogen-bond donors (Lipinski definition) is 1. The van der Waals surface area contributed by atoms with Crippen LogP contribution in [0.2, 0.25) is 10.0 Å². The average Bonchev–Trinajstić information content (AvgIpc) is 2.59. The summed E-state index contributed by atoms with van der Waals surface area (Å²) in [5, 5.41) is 11.9. The third-order valence-corrected chi connectivity index (χ3v) is 6.30. The maximum absolute atomic E-state index is 11.5. The molecule has 7 nitrogen and oxygen atoms in total. The Hall–Kier alpha value is 0.0600. The van der Waals surface area contributed by atoms with Gasteiger partial charge in [-0.15, -0.1) is 0 Å². The molecule has 0 aliphatic carbocycles. The molecular formula is C16H26Cl2O7P2. The minimum atomic E-state index is -2.60. The van der Waals surface area contributed by atoms with Crippen LogP contribution in [0.4, 0.5) is 0 Å². The highest BCUT2D eigenvalue weighted by Gasteiger charge is 2.29. The third-order valence-electron chi connectivity index (χ3n) is 3.67. The Morgan fingerprint density at radius 1 is 0.926 bits per heavy atom. The van der Waals surface area contributed by atoms with Crippen molar-refractivity contribution in [2.45, 2.75) is 38.7 Å². The van der Waals surface area contributed by atoms with Crippen molar-refractivity contribution in [3.63, 3.8) is 0 Å². The Labute approximate surface area is 171 Å². The largest absolute Gasteiger partial charge is 0.389 e. The summed E-state index contributed by atoms with van der Waals surface area (Å²) in [6, 6.07) is 5.07. The van der Waals surface area contributed by atoms with Crippen molar-refractivity contribution in [2.75, 3.05) is 26.4 Å². The fourth-order valence-electron chi connectivity index (χ4n) is 2.30. The van der Waals surface area contributed by atoms with Crippen LogP contribution in [0.1, 0.15) is 32.3 Å². The Morgan fingerprint density at radius 2 is 1.37 bits per heavy atom. The predicted octanol–water partition coefficient (Wildman–Crippen LogP) is 4.93. The second kappa shape index (κ2) is 13.3. The first kappa shape index (κ1) is 25.1. The molecule has 0 aromatic heterocycles. The molecule has 156 valence electrons. The Bertz CT molecular complexity index is 587. The number of halogens is 2. The second-order valence-corrected chi connectivity index (χ2v) is 8.63. The van der Waals surface area contributed by atoms with E-state index in [1.165, 1.54) is 0 Å². The first-order valence-electron chi connectivity index (χ1n) is 8.55. The molecule has 2 unspecified atom stereocenters. The van der Waals surface area contributed by atoms with Crippen molar-refractivity contribution >= 4 is 39.7 Å². The summed E-state index contributed by atoms with van der Waals surface area (Å²) in [7, 11) is -5.20. The van der Waals surface area contributed by atoms with Gasteiger partial charge in [0.25, 0.3) is 0 Å². The smallest absolute Gasteiger partial charge is 0.319 e. The van der Waals surface area contributed by atoms with Crippen LogP contribution in [0.25, 0.3) is 0 Å². The van der Waals surface area contributed by atoms with Crippen LogP contribution in [0, 0.1) is 0 Å². The van der Waals surface area contributed by atoms with Crippen LogP contribution in [0.5, 0.6) is 0 Å². The van der Waals surface area contributed by atoms with Crippen molar-refractivity contribution in [1.29, 1.82) is 0 Å². The van der Waals surface area contributed by atoms with Gasteiger partial charge in [-0.1, -0.05) is 29.3 Å². The van der Waals surface area contributed by atoms with Crippen molar-refractivity contribution < 1.29 is 32.3 Å². The van der Waals surface area contributed by atoms with Crippen molar-refractivity contribution in [3.05, 3.63) is 33.8 Å². The molecule has 0 aliphatic heterocycles. The van der Waals surface area contributed by atoms with E-state index in [2.05, 4.69) is 0 Å². The van der Waals surface area contributed by atoms with Crippen LogP contribution in [0.15, 0.2) is 18.2 Å². The van der Waals surface area contributed by atoms with E-state index < -0.39 is 22.1 Å². The zero-order valence-corrected chi connectivity index (χ0v) is 18.8. The molecule has 0 spiro atoms. The maximum atomic E-state index is 11.5. The number of aliphatic hydroxyl groups is 1. The molecule has 0 saturated carbocycles. The lowest BCUT2D eigenvalue weighted by molar-refractivity contribution is -0.000505. The number of rotatable bonds is 14. The molecule has 1 aromatic rings. The van der Waals surface area contributed by atoms with E-state index in [1.54, 1.807) is 32.0 Å². The van der Waals surface area contributed by atoms with Crippen LogP contribution >= 0.6 is 39.7 Å². The third kappa shape index (κ3) is 9.89. The van der Waals surface area contributed by atoms with Gasteiger partial charge in [0.2, 0.25) is 0 Å². The van der Waals surface area contributed by atoms with E-state index in [0.717, 1.165) is 0 Å². The van der Waals surface area contributed by atoms with Crippen molar-refractivity contribution in [1.82, 2.24) is 0 Å². The summed E-state index contributed by atoms with van der Waals surface area (Å²) in [5.74, 6) is 0. The van der Waals surface area contributed by atoms with Gasteiger partial charge < -0.3 is 23.2 Å². The van der Waals surface area contributed by atoms with Crippen LogP contribution < -0.4 is 0 Å². The molecule has 0 bridgehead atoms. The summed E-state index contributed by atoms with van der Waals surface area (Å²) in [4.78, 5) is 0. The minimum absolute atomic E-state index is 0.0109. The van der Waals surface area contributed by atoms with E-state index >= 15 is 0 Å². The van der Waals surface area contributed by atoms with E-state index in [0.29, 0.717) is 15.6 Å². The normalized spacial score (nSPS) is 16.0. The lowest BCUT2D eigenvalue weighted by Gasteiger charge is -2.29. The minimum Gasteiger partial charge on any atom is -0.389 e. The first-order valence-corrected chi connectivity index (χ1v) is 11.8. The highest BCUT2D eigenvalue weighted by molar-refractivity contribution is 7.33. The van der Waals surface area contributed by atoms with Gasteiger partial charge in [-0.25, -0.2) is 0 Å². The number of hydrogen-bond acceptors (Lipinski definition) is 7. The lowest BCUT2D eigenvalue weighted by Crippen LogP contribution is -2.34. The zero-order valence-electron chi connectivity index (χ0n) is 15.3. The summed E-state index contributed by atoms with van der Waals surface area (Å²) >= 11 is 12.4. The molecule has 1 N–H and O–H groups in total. The van der Waals surface area contributed by atoms with Gasteiger partial charge in [0.05, 0.1) is 32.0 Å². The zero-order chi connectivity index (χ0) is 20.3. The summed E-state index contributed by atoms with van der Waals surface area (Å²) in [5.41, 5.74) is -0.740. The quantitative estimate of drug-likeness (QED) is 0.391. The summed E-state index contributed by atoms with van der Waals surface area (Å²) in [6.45, 7) is 3.99. The summed E-state index contributed by atoms with van der Waals surface area (Å²) < 4.78 is 43.0. The summed E-state index contributed by atoms with van der Waals surface area (Å²) in [6.07, 6.45) is 0.400.